The van der Waals surface area contributed by atoms with Crippen LogP contribution in [0.2, 0.25) is 0 Å². The lowest BCUT2D eigenvalue weighted by atomic mass is 9.87. The summed E-state index contributed by atoms with van der Waals surface area (Å²) < 4.78 is 5.02. The van der Waals surface area contributed by atoms with Gasteiger partial charge in [-0.15, -0.1) is 11.3 Å². The molecule has 2 aliphatic rings. The van der Waals surface area contributed by atoms with Crippen molar-refractivity contribution in [1.29, 1.82) is 0 Å². The van der Waals surface area contributed by atoms with Crippen molar-refractivity contribution in [2.45, 2.75) is 63.8 Å². The van der Waals surface area contributed by atoms with Crippen molar-refractivity contribution < 1.29 is 9.53 Å². The Labute approximate surface area is 172 Å². The minimum atomic E-state index is 0.134. The monoisotopic (exact) mass is 403 g/mol. The summed E-state index contributed by atoms with van der Waals surface area (Å²) in [7, 11) is 1.65. The smallest absolute Gasteiger partial charge is 0.220 e. The number of fused-ring (bicyclic) bond motifs is 1. The molecule has 3 unspecified atom stereocenters. The predicted molar refractivity (Wildman–Crippen MR) is 116 cm³/mol. The fourth-order valence-corrected chi connectivity index (χ4v) is 5.30. The van der Waals surface area contributed by atoms with E-state index in [0.29, 0.717) is 37.5 Å². The zero-order valence-electron chi connectivity index (χ0n) is 17.1. The highest BCUT2D eigenvalue weighted by molar-refractivity contribution is 7.15. The molecule has 1 aromatic rings. The van der Waals surface area contributed by atoms with Gasteiger partial charge in [0.15, 0.2) is 5.13 Å². The number of hydrogen-bond acceptors (Lipinski definition) is 5. The van der Waals surface area contributed by atoms with Crippen LogP contribution in [0.3, 0.4) is 0 Å². The summed E-state index contributed by atoms with van der Waals surface area (Å²) in [6.45, 7) is 3.38. The second kappa shape index (κ2) is 10.8. The number of allylic oxidation sites excluding steroid dienone is 2. The molecule has 1 aromatic heterocycles. The van der Waals surface area contributed by atoms with E-state index in [1.54, 1.807) is 18.4 Å². The summed E-state index contributed by atoms with van der Waals surface area (Å²) in [5, 5.41) is 7.57. The molecule has 5 nitrogen and oxygen atoms in total. The number of nitrogens with zero attached hydrogens (tertiary/aromatic N) is 1. The Balaban J connectivity index is 1.63. The highest BCUT2D eigenvalue weighted by Gasteiger charge is 2.36. The molecule has 154 valence electrons. The average molecular weight is 404 g/mol. The van der Waals surface area contributed by atoms with E-state index in [1.807, 2.05) is 0 Å². The number of carbonyl (C=O) groups is 1. The summed E-state index contributed by atoms with van der Waals surface area (Å²) >= 11 is 1.78. The molecule has 2 aliphatic carbocycles. The van der Waals surface area contributed by atoms with Gasteiger partial charge < -0.3 is 15.4 Å². The van der Waals surface area contributed by atoms with Gasteiger partial charge in [0.2, 0.25) is 5.91 Å². The third-order valence-electron chi connectivity index (χ3n) is 5.58. The van der Waals surface area contributed by atoms with Crippen LogP contribution in [0.25, 0.3) is 0 Å². The van der Waals surface area contributed by atoms with Crippen LogP contribution in [0.4, 0.5) is 5.13 Å². The standard InChI is InChI=1S/C22H33N3O2S/c1-3-4-6-11-18-16(15-20(26)23-12-13-27-2)14-19-21(18)25-22(28-19)24-17-9-7-5-8-10-17/h5,7-9,16-18H,3-4,6,10-15H2,1-2H3,(H,23,26)(H,24,25). The normalized spacial score (nSPS) is 23.0. The number of anilines is 1. The number of nitrogens with one attached hydrogen (secondary N) is 2. The van der Waals surface area contributed by atoms with Crippen molar-refractivity contribution in [3.8, 4) is 0 Å². The first-order chi connectivity index (χ1) is 13.7. The van der Waals surface area contributed by atoms with Gasteiger partial charge in [-0.05, 0) is 25.2 Å². The van der Waals surface area contributed by atoms with Crippen LogP contribution in [0.15, 0.2) is 24.3 Å². The molecule has 0 aliphatic heterocycles. The third-order valence-corrected chi connectivity index (χ3v) is 6.60. The second-order valence-corrected chi connectivity index (χ2v) is 8.82. The van der Waals surface area contributed by atoms with Crippen LogP contribution in [0.1, 0.15) is 61.9 Å². The van der Waals surface area contributed by atoms with Gasteiger partial charge in [-0.2, -0.15) is 0 Å². The number of rotatable bonds is 11. The molecule has 3 rings (SSSR count). The van der Waals surface area contributed by atoms with Crippen molar-refractivity contribution in [3.05, 3.63) is 34.9 Å². The number of hydrogen-bond donors (Lipinski definition) is 2. The molecule has 0 fully saturated rings. The second-order valence-electron chi connectivity index (χ2n) is 7.74. The van der Waals surface area contributed by atoms with Gasteiger partial charge in [0.1, 0.15) is 0 Å². The van der Waals surface area contributed by atoms with E-state index in [1.165, 1.54) is 29.8 Å². The molecule has 1 amide bonds. The SMILES string of the molecule is CCCCCC1c2nc(NC3C=CC=CC3)sc2CC1CC(=O)NCCOC. The van der Waals surface area contributed by atoms with E-state index in [9.17, 15) is 4.79 Å². The van der Waals surface area contributed by atoms with Gasteiger partial charge >= 0.3 is 0 Å². The summed E-state index contributed by atoms with van der Waals surface area (Å²) in [4.78, 5) is 18.7. The molecule has 0 saturated carbocycles. The number of thiazole rings is 1. The minimum Gasteiger partial charge on any atom is -0.383 e. The fraction of sp³-hybridized carbons (Fsp3) is 0.636. The first kappa shape index (κ1) is 21.1. The molecule has 0 bridgehead atoms. The molecule has 2 N–H and O–H groups in total. The predicted octanol–water partition coefficient (Wildman–Crippen LogP) is 4.43. The highest BCUT2D eigenvalue weighted by Crippen LogP contribution is 2.46. The van der Waals surface area contributed by atoms with Gasteiger partial charge in [-0.3, -0.25) is 4.79 Å². The first-order valence-corrected chi connectivity index (χ1v) is 11.4. The largest absolute Gasteiger partial charge is 0.383 e. The zero-order chi connectivity index (χ0) is 19.8. The quantitative estimate of drug-likeness (QED) is 0.537. The molecular weight excluding hydrogens is 370 g/mol. The molecular formula is C22H33N3O2S. The van der Waals surface area contributed by atoms with E-state index in [2.05, 4.69) is 41.9 Å². The van der Waals surface area contributed by atoms with Crippen LogP contribution in [0, 0.1) is 5.92 Å². The van der Waals surface area contributed by atoms with Gasteiger partial charge in [0.05, 0.1) is 18.3 Å². The number of amides is 1. The fourth-order valence-electron chi connectivity index (χ4n) is 4.12. The van der Waals surface area contributed by atoms with Gasteiger partial charge in [0.25, 0.3) is 0 Å². The summed E-state index contributed by atoms with van der Waals surface area (Å²) in [6, 6.07) is 0.331. The van der Waals surface area contributed by atoms with E-state index in [0.717, 1.165) is 24.4 Å². The van der Waals surface area contributed by atoms with Crippen LogP contribution in [-0.2, 0) is 16.0 Å². The molecule has 0 spiro atoms. The minimum absolute atomic E-state index is 0.134. The number of carbonyl (C=O) groups excluding carboxylic acids is 1. The molecule has 0 aromatic carbocycles. The Hall–Kier alpha value is -1.66. The summed E-state index contributed by atoms with van der Waals surface area (Å²) in [5.74, 6) is 0.915. The number of unbranched alkanes of at least 4 members (excludes halogenated alkanes) is 2. The lowest BCUT2D eigenvalue weighted by molar-refractivity contribution is -0.122. The van der Waals surface area contributed by atoms with Gasteiger partial charge in [-0.25, -0.2) is 4.98 Å². The maximum Gasteiger partial charge on any atom is 0.220 e. The van der Waals surface area contributed by atoms with Crippen molar-refractivity contribution in [2.24, 2.45) is 5.92 Å². The molecule has 0 radical (unpaired) electrons. The number of aromatic nitrogens is 1. The summed E-state index contributed by atoms with van der Waals surface area (Å²) in [5.41, 5.74) is 1.24. The Morgan fingerprint density at radius 3 is 3.00 bits per heavy atom. The molecule has 6 heteroatoms. The van der Waals surface area contributed by atoms with E-state index >= 15 is 0 Å². The van der Waals surface area contributed by atoms with Crippen molar-refractivity contribution in [1.82, 2.24) is 10.3 Å². The van der Waals surface area contributed by atoms with Gasteiger partial charge in [0, 0.05) is 30.9 Å². The van der Waals surface area contributed by atoms with E-state index < -0.39 is 0 Å². The van der Waals surface area contributed by atoms with Crippen LogP contribution >= 0.6 is 11.3 Å². The summed E-state index contributed by atoms with van der Waals surface area (Å²) in [6.07, 6.45) is 15.9. The van der Waals surface area contributed by atoms with Crippen molar-refractivity contribution in [2.75, 3.05) is 25.6 Å². The average Bonchev–Trinajstić information content (AvgIpc) is 3.21. The molecule has 28 heavy (non-hydrogen) atoms. The number of ether oxygens (including phenoxy) is 1. The van der Waals surface area contributed by atoms with Crippen LogP contribution in [-0.4, -0.2) is 37.2 Å². The Kier molecular flexibility index (Phi) is 8.10. The lowest BCUT2D eigenvalue weighted by Crippen LogP contribution is -2.29. The Morgan fingerprint density at radius 1 is 1.36 bits per heavy atom. The van der Waals surface area contributed by atoms with Crippen LogP contribution < -0.4 is 10.6 Å². The molecule has 3 atom stereocenters. The van der Waals surface area contributed by atoms with Crippen LogP contribution in [0.5, 0.6) is 0 Å². The van der Waals surface area contributed by atoms with E-state index in [4.69, 9.17) is 9.72 Å². The molecule has 1 heterocycles. The Bertz CT molecular complexity index is 698. The van der Waals surface area contributed by atoms with E-state index in [-0.39, 0.29) is 5.91 Å². The maximum absolute atomic E-state index is 12.3. The van der Waals surface area contributed by atoms with Gasteiger partial charge in [-0.1, -0.05) is 50.5 Å². The topological polar surface area (TPSA) is 63.2 Å². The molecule has 0 saturated heterocycles. The number of methoxy groups -OCH3 is 1. The Morgan fingerprint density at radius 2 is 2.25 bits per heavy atom. The third kappa shape index (κ3) is 5.67. The lowest BCUT2D eigenvalue weighted by Gasteiger charge is -2.20. The zero-order valence-corrected chi connectivity index (χ0v) is 17.9. The van der Waals surface area contributed by atoms with Crippen molar-refractivity contribution in [3.63, 3.8) is 0 Å². The maximum atomic E-state index is 12.3. The van der Waals surface area contributed by atoms with Crippen molar-refractivity contribution >= 4 is 22.4 Å². The highest BCUT2D eigenvalue weighted by atomic mass is 32.1. The first-order valence-electron chi connectivity index (χ1n) is 10.6.